The number of sulfonamides is 1. The van der Waals surface area contributed by atoms with E-state index in [0.717, 1.165) is 18.2 Å². The number of hydrogen-bond acceptors (Lipinski definition) is 5. The Kier molecular flexibility index (Phi) is 5.24. The molecule has 1 aromatic carbocycles. The van der Waals surface area contributed by atoms with Gasteiger partial charge in [-0.2, -0.15) is 4.31 Å². The van der Waals surface area contributed by atoms with Gasteiger partial charge < -0.3 is 4.74 Å². The Bertz CT molecular complexity index is 834. The first-order valence-corrected chi connectivity index (χ1v) is 9.39. The Balaban J connectivity index is 1.70. The van der Waals surface area contributed by atoms with E-state index in [-0.39, 0.29) is 18.2 Å². The molecular weight excluding hydrogens is 352 g/mol. The summed E-state index contributed by atoms with van der Waals surface area (Å²) < 4.78 is 59.1. The van der Waals surface area contributed by atoms with E-state index in [1.165, 1.54) is 22.9 Å². The van der Waals surface area contributed by atoms with Gasteiger partial charge in [0.05, 0.1) is 18.5 Å². The molecule has 1 aromatic heterocycles. The molecule has 1 fully saturated rings. The predicted octanol–water partition coefficient (Wildman–Crippen LogP) is 2.13. The topological polar surface area (TPSA) is 72.4 Å². The van der Waals surface area contributed by atoms with E-state index in [4.69, 9.17) is 4.74 Å². The van der Waals surface area contributed by atoms with Gasteiger partial charge in [-0.3, -0.25) is 4.98 Å². The summed E-state index contributed by atoms with van der Waals surface area (Å²) in [4.78, 5) is 7.90. The van der Waals surface area contributed by atoms with E-state index < -0.39 is 27.4 Å². The Morgan fingerprint density at radius 3 is 2.88 bits per heavy atom. The van der Waals surface area contributed by atoms with E-state index >= 15 is 0 Å². The number of ether oxygens (including phenoxy) is 1. The summed E-state index contributed by atoms with van der Waals surface area (Å²) in [6, 6.07) is 2.79. The van der Waals surface area contributed by atoms with Gasteiger partial charge in [-0.25, -0.2) is 22.2 Å². The summed E-state index contributed by atoms with van der Waals surface area (Å²) in [5.41, 5.74) is -0.183. The van der Waals surface area contributed by atoms with Crippen molar-refractivity contribution in [3.8, 4) is 5.88 Å². The maximum absolute atomic E-state index is 13.7. The summed E-state index contributed by atoms with van der Waals surface area (Å²) >= 11 is 0. The van der Waals surface area contributed by atoms with Crippen molar-refractivity contribution < 1.29 is 21.9 Å². The SMILES string of the molecule is O=S(=O)(Cc1cc(F)ccc1F)N1CCC[C@@H](Oc2cnccn2)C1. The van der Waals surface area contributed by atoms with Crippen molar-refractivity contribution >= 4 is 10.0 Å². The van der Waals surface area contributed by atoms with Crippen LogP contribution in [0, 0.1) is 11.6 Å². The van der Waals surface area contributed by atoms with Gasteiger partial charge in [-0.05, 0) is 31.0 Å². The third-order valence-electron chi connectivity index (χ3n) is 3.91. The third kappa shape index (κ3) is 4.49. The van der Waals surface area contributed by atoms with Crippen molar-refractivity contribution in [3.63, 3.8) is 0 Å². The molecule has 2 heterocycles. The molecule has 0 bridgehead atoms. The lowest BCUT2D eigenvalue weighted by atomic mass is 10.1. The molecule has 9 heteroatoms. The number of hydrogen-bond donors (Lipinski definition) is 0. The zero-order chi connectivity index (χ0) is 17.9. The molecule has 1 atom stereocenters. The molecule has 0 aliphatic carbocycles. The van der Waals surface area contributed by atoms with E-state index in [1.54, 1.807) is 0 Å². The van der Waals surface area contributed by atoms with Crippen molar-refractivity contribution in [1.29, 1.82) is 0 Å². The molecule has 3 rings (SSSR count). The highest BCUT2D eigenvalue weighted by Gasteiger charge is 2.31. The van der Waals surface area contributed by atoms with Crippen LogP contribution in [0.2, 0.25) is 0 Å². The molecule has 0 saturated carbocycles. The number of halogens is 2. The van der Waals surface area contributed by atoms with Crippen LogP contribution >= 0.6 is 0 Å². The third-order valence-corrected chi connectivity index (χ3v) is 5.70. The lowest BCUT2D eigenvalue weighted by molar-refractivity contribution is 0.124. The first kappa shape index (κ1) is 17.7. The fourth-order valence-corrected chi connectivity index (χ4v) is 4.31. The largest absolute Gasteiger partial charge is 0.472 e. The van der Waals surface area contributed by atoms with Gasteiger partial charge in [0, 0.05) is 24.5 Å². The fourth-order valence-electron chi connectivity index (χ4n) is 2.71. The van der Waals surface area contributed by atoms with E-state index in [9.17, 15) is 17.2 Å². The number of rotatable bonds is 5. The van der Waals surface area contributed by atoms with Crippen LogP contribution in [-0.4, -0.2) is 41.9 Å². The van der Waals surface area contributed by atoms with E-state index in [0.29, 0.717) is 25.3 Å². The minimum Gasteiger partial charge on any atom is -0.472 e. The summed E-state index contributed by atoms with van der Waals surface area (Å²) in [6.45, 7) is 0.454. The standard InChI is InChI=1S/C16H17F2N3O3S/c17-13-3-4-15(18)12(8-13)11-25(22,23)21-7-1-2-14(10-21)24-16-9-19-5-6-20-16/h3-6,8-9,14H,1-2,7,10-11H2/t14-/m1/s1. The van der Waals surface area contributed by atoms with Crippen LogP contribution in [-0.2, 0) is 15.8 Å². The van der Waals surface area contributed by atoms with Crippen molar-refractivity contribution in [2.75, 3.05) is 13.1 Å². The minimum atomic E-state index is -3.79. The van der Waals surface area contributed by atoms with Gasteiger partial charge in [0.15, 0.2) is 0 Å². The average molecular weight is 369 g/mol. The van der Waals surface area contributed by atoms with E-state index in [1.807, 2.05) is 0 Å². The summed E-state index contributed by atoms with van der Waals surface area (Å²) in [5, 5.41) is 0. The van der Waals surface area contributed by atoms with Gasteiger partial charge in [0.1, 0.15) is 17.7 Å². The normalized spacial score (nSPS) is 18.9. The summed E-state index contributed by atoms with van der Waals surface area (Å²) in [6.07, 6.45) is 5.37. The van der Waals surface area contributed by atoms with Crippen LogP contribution in [0.1, 0.15) is 18.4 Å². The zero-order valence-corrected chi connectivity index (χ0v) is 14.1. The Morgan fingerprint density at radius 2 is 2.12 bits per heavy atom. The quantitative estimate of drug-likeness (QED) is 0.807. The zero-order valence-electron chi connectivity index (χ0n) is 13.3. The smallest absolute Gasteiger partial charge is 0.232 e. The Labute approximate surface area is 144 Å². The highest BCUT2D eigenvalue weighted by atomic mass is 32.2. The van der Waals surface area contributed by atoms with Crippen LogP contribution in [0.15, 0.2) is 36.8 Å². The van der Waals surface area contributed by atoms with Gasteiger partial charge in [-0.15, -0.1) is 0 Å². The number of piperidine rings is 1. The molecule has 1 aliphatic heterocycles. The molecule has 1 saturated heterocycles. The Hall–Kier alpha value is -2.13. The maximum atomic E-state index is 13.7. The first-order valence-electron chi connectivity index (χ1n) is 7.78. The van der Waals surface area contributed by atoms with Crippen LogP contribution in [0.25, 0.3) is 0 Å². The molecule has 2 aromatic rings. The molecule has 0 radical (unpaired) electrons. The summed E-state index contributed by atoms with van der Waals surface area (Å²) in [5.74, 6) is -1.68. The second kappa shape index (κ2) is 7.40. The van der Waals surface area contributed by atoms with Gasteiger partial charge in [0.25, 0.3) is 0 Å². The lowest BCUT2D eigenvalue weighted by Gasteiger charge is -2.31. The Morgan fingerprint density at radius 1 is 1.28 bits per heavy atom. The lowest BCUT2D eigenvalue weighted by Crippen LogP contribution is -2.44. The van der Waals surface area contributed by atoms with Gasteiger partial charge >= 0.3 is 0 Å². The predicted molar refractivity (Wildman–Crippen MR) is 86.2 cm³/mol. The monoisotopic (exact) mass is 369 g/mol. The van der Waals surface area contributed by atoms with Crippen LogP contribution < -0.4 is 4.74 Å². The molecule has 6 nitrogen and oxygen atoms in total. The van der Waals surface area contributed by atoms with Crippen LogP contribution in [0.4, 0.5) is 8.78 Å². The second-order valence-electron chi connectivity index (χ2n) is 5.78. The van der Waals surface area contributed by atoms with Crippen LogP contribution in [0.3, 0.4) is 0 Å². The molecule has 0 N–H and O–H groups in total. The number of aromatic nitrogens is 2. The summed E-state index contributed by atoms with van der Waals surface area (Å²) in [7, 11) is -3.79. The molecule has 0 spiro atoms. The average Bonchev–Trinajstić information content (AvgIpc) is 2.59. The number of benzene rings is 1. The maximum Gasteiger partial charge on any atom is 0.232 e. The van der Waals surface area contributed by atoms with Crippen molar-refractivity contribution in [2.45, 2.75) is 24.7 Å². The molecule has 25 heavy (non-hydrogen) atoms. The van der Waals surface area contributed by atoms with Crippen molar-refractivity contribution in [1.82, 2.24) is 14.3 Å². The van der Waals surface area contributed by atoms with Gasteiger partial charge in [0.2, 0.25) is 15.9 Å². The molecular formula is C16H17F2N3O3S. The molecule has 0 amide bonds. The number of nitrogens with zero attached hydrogens (tertiary/aromatic N) is 3. The second-order valence-corrected chi connectivity index (χ2v) is 7.74. The molecule has 1 aliphatic rings. The van der Waals surface area contributed by atoms with Crippen molar-refractivity contribution in [3.05, 3.63) is 54.0 Å². The minimum absolute atomic E-state index is 0.135. The van der Waals surface area contributed by atoms with Crippen LogP contribution in [0.5, 0.6) is 5.88 Å². The molecule has 134 valence electrons. The van der Waals surface area contributed by atoms with Gasteiger partial charge in [-0.1, -0.05) is 0 Å². The highest BCUT2D eigenvalue weighted by molar-refractivity contribution is 7.88. The first-order chi connectivity index (χ1) is 11.9. The fraction of sp³-hybridized carbons (Fsp3) is 0.375. The highest BCUT2D eigenvalue weighted by Crippen LogP contribution is 2.22. The van der Waals surface area contributed by atoms with E-state index in [2.05, 4.69) is 9.97 Å². The van der Waals surface area contributed by atoms with Crippen molar-refractivity contribution in [2.24, 2.45) is 0 Å². The molecule has 0 unspecified atom stereocenters.